The highest BCUT2D eigenvalue weighted by Crippen LogP contribution is 2.25. The van der Waals surface area contributed by atoms with Crippen LogP contribution >= 0.6 is 34.5 Å². The SMILES string of the molecule is CC(C)C[C@H](NC(=O)c1cc2sccc2[nH]1)C(=O)NCCCCNS(=O)(=O)c1ccc(Cl)cc1Cl. The van der Waals surface area contributed by atoms with E-state index < -0.39 is 16.1 Å². The van der Waals surface area contributed by atoms with Crippen molar-refractivity contribution < 1.29 is 18.0 Å². The Morgan fingerprint density at radius 3 is 2.51 bits per heavy atom. The van der Waals surface area contributed by atoms with Crippen molar-refractivity contribution in [1.82, 2.24) is 20.3 Å². The van der Waals surface area contributed by atoms with Crippen molar-refractivity contribution in [2.75, 3.05) is 13.1 Å². The maximum atomic E-state index is 12.7. The van der Waals surface area contributed by atoms with Crippen molar-refractivity contribution in [2.45, 2.75) is 44.0 Å². The lowest BCUT2D eigenvalue weighted by Gasteiger charge is -2.20. The summed E-state index contributed by atoms with van der Waals surface area (Å²) in [4.78, 5) is 28.4. The van der Waals surface area contributed by atoms with Gasteiger partial charge in [-0.15, -0.1) is 11.3 Å². The molecule has 0 aliphatic heterocycles. The second kappa shape index (κ2) is 12.2. The third-order valence-corrected chi connectivity index (χ3v) is 8.23. The van der Waals surface area contributed by atoms with Gasteiger partial charge < -0.3 is 15.6 Å². The number of unbranched alkanes of at least 4 members (excludes halogenated alkanes) is 1. The second-order valence-corrected chi connectivity index (χ2v) is 12.0. The first-order valence-electron chi connectivity index (χ1n) is 11.2. The minimum Gasteiger partial charge on any atom is -0.354 e. The molecule has 3 aromatic rings. The summed E-state index contributed by atoms with van der Waals surface area (Å²) < 4.78 is 28.3. The summed E-state index contributed by atoms with van der Waals surface area (Å²) in [6.45, 7) is 4.50. The molecular formula is C23H28Cl2N4O4S2. The van der Waals surface area contributed by atoms with Gasteiger partial charge in [-0.25, -0.2) is 13.1 Å². The van der Waals surface area contributed by atoms with Crippen LogP contribution < -0.4 is 15.4 Å². The fraction of sp³-hybridized carbons (Fsp3) is 0.391. The minimum atomic E-state index is -3.76. The summed E-state index contributed by atoms with van der Waals surface area (Å²) in [5.41, 5.74) is 1.31. The maximum absolute atomic E-state index is 12.7. The van der Waals surface area contributed by atoms with Crippen LogP contribution in [0.5, 0.6) is 0 Å². The van der Waals surface area contributed by atoms with Crippen molar-refractivity contribution in [3.05, 3.63) is 51.5 Å². The highest BCUT2D eigenvalue weighted by molar-refractivity contribution is 7.89. The Morgan fingerprint density at radius 1 is 1.09 bits per heavy atom. The number of hydrogen-bond acceptors (Lipinski definition) is 5. The number of nitrogens with one attached hydrogen (secondary N) is 4. The van der Waals surface area contributed by atoms with Gasteiger partial charge in [-0.1, -0.05) is 37.0 Å². The summed E-state index contributed by atoms with van der Waals surface area (Å²) >= 11 is 13.3. The molecule has 190 valence electrons. The van der Waals surface area contributed by atoms with Gasteiger partial charge in [0.2, 0.25) is 15.9 Å². The maximum Gasteiger partial charge on any atom is 0.268 e. The summed E-state index contributed by atoms with van der Waals surface area (Å²) in [5.74, 6) is -0.398. The highest BCUT2D eigenvalue weighted by atomic mass is 35.5. The zero-order chi connectivity index (χ0) is 25.6. The van der Waals surface area contributed by atoms with E-state index in [0.717, 1.165) is 10.2 Å². The molecule has 0 fully saturated rings. The normalized spacial score (nSPS) is 12.7. The summed E-state index contributed by atoms with van der Waals surface area (Å²) in [5, 5.41) is 8.00. The van der Waals surface area contributed by atoms with Crippen LogP contribution in [0.4, 0.5) is 0 Å². The van der Waals surface area contributed by atoms with Gasteiger partial charge >= 0.3 is 0 Å². The molecular weight excluding hydrogens is 531 g/mol. The van der Waals surface area contributed by atoms with Crippen LogP contribution in [0.3, 0.4) is 0 Å². The summed E-state index contributed by atoms with van der Waals surface area (Å²) in [7, 11) is -3.76. The fourth-order valence-corrected chi connectivity index (χ4v) is 6.10. The van der Waals surface area contributed by atoms with E-state index in [1.807, 2.05) is 25.3 Å². The highest BCUT2D eigenvalue weighted by Gasteiger charge is 2.23. The molecule has 12 heteroatoms. The number of H-pyrrole nitrogens is 1. The van der Waals surface area contributed by atoms with Crippen molar-refractivity contribution in [1.29, 1.82) is 0 Å². The molecule has 1 atom stereocenters. The number of sulfonamides is 1. The number of rotatable bonds is 12. The Labute approximate surface area is 218 Å². The van der Waals surface area contributed by atoms with Gasteiger partial charge in [0.05, 0.1) is 15.2 Å². The number of thiophene rings is 1. The molecule has 2 amide bonds. The number of halogens is 2. The molecule has 0 bridgehead atoms. The summed E-state index contributed by atoms with van der Waals surface area (Å²) in [6.07, 6.45) is 1.55. The van der Waals surface area contributed by atoms with Crippen molar-refractivity contribution in [3.8, 4) is 0 Å². The number of aromatic nitrogens is 1. The average molecular weight is 560 g/mol. The molecule has 0 aliphatic carbocycles. The monoisotopic (exact) mass is 558 g/mol. The van der Waals surface area contributed by atoms with E-state index >= 15 is 0 Å². The standard InChI is InChI=1S/C23H28Cl2N4O4S2/c1-14(2)11-18(29-23(31)19-13-20-17(28-19)7-10-34-20)22(30)26-8-3-4-9-27-35(32,33)21-6-5-15(24)12-16(21)25/h5-7,10,12-14,18,27-28H,3-4,8-9,11H2,1-2H3,(H,26,30)(H,29,31)/t18-/m0/s1. The Morgan fingerprint density at radius 2 is 1.83 bits per heavy atom. The zero-order valence-corrected chi connectivity index (χ0v) is 22.5. The van der Waals surface area contributed by atoms with Gasteiger partial charge in [0, 0.05) is 18.1 Å². The lowest BCUT2D eigenvalue weighted by molar-refractivity contribution is -0.123. The predicted octanol–water partition coefficient (Wildman–Crippen LogP) is 4.56. The van der Waals surface area contributed by atoms with E-state index in [-0.39, 0.29) is 34.2 Å². The number of carbonyl (C=O) groups excluding carboxylic acids is 2. The molecule has 0 aliphatic rings. The van der Waals surface area contributed by atoms with Gasteiger partial charge in [-0.3, -0.25) is 9.59 Å². The first kappa shape index (κ1) is 27.5. The van der Waals surface area contributed by atoms with E-state index in [1.54, 1.807) is 6.07 Å². The zero-order valence-electron chi connectivity index (χ0n) is 19.4. The molecule has 8 nitrogen and oxygen atoms in total. The largest absolute Gasteiger partial charge is 0.354 e. The molecule has 2 heterocycles. The molecule has 35 heavy (non-hydrogen) atoms. The van der Waals surface area contributed by atoms with Crippen LogP contribution in [0.15, 0.2) is 40.6 Å². The quantitative estimate of drug-likeness (QED) is 0.243. The first-order chi connectivity index (χ1) is 16.6. The minimum absolute atomic E-state index is 0.0361. The van der Waals surface area contributed by atoms with Gasteiger partial charge in [0.15, 0.2) is 0 Å². The Bertz CT molecular complexity index is 1260. The lowest BCUT2D eigenvalue weighted by atomic mass is 10.0. The number of hydrogen-bond donors (Lipinski definition) is 4. The number of aromatic amines is 1. The third-order valence-electron chi connectivity index (χ3n) is 5.19. The molecule has 0 spiro atoms. The molecule has 0 saturated carbocycles. The predicted molar refractivity (Wildman–Crippen MR) is 141 cm³/mol. The van der Waals surface area contributed by atoms with Crippen molar-refractivity contribution in [3.63, 3.8) is 0 Å². The number of carbonyl (C=O) groups is 2. The van der Waals surface area contributed by atoms with E-state index in [0.29, 0.717) is 36.5 Å². The molecule has 0 radical (unpaired) electrons. The van der Waals surface area contributed by atoms with Crippen LogP contribution in [0.1, 0.15) is 43.6 Å². The number of benzene rings is 1. The first-order valence-corrected chi connectivity index (χ1v) is 14.3. The lowest BCUT2D eigenvalue weighted by Crippen LogP contribution is -2.47. The topological polar surface area (TPSA) is 120 Å². The average Bonchev–Trinajstić information content (AvgIpc) is 3.37. The van der Waals surface area contributed by atoms with Crippen molar-refractivity contribution >= 4 is 66.6 Å². The fourth-order valence-electron chi connectivity index (χ4n) is 3.47. The van der Waals surface area contributed by atoms with Gasteiger partial charge in [-0.2, -0.15) is 0 Å². The molecule has 3 rings (SSSR count). The van der Waals surface area contributed by atoms with Crippen LogP contribution in [0.2, 0.25) is 10.0 Å². The molecule has 4 N–H and O–H groups in total. The van der Waals surface area contributed by atoms with E-state index in [1.165, 1.54) is 29.5 Å². The molecule has 2 aromatic heterocycles. The Kier molecular flexibility index (Phi) is 9.60. The molecule has 0 saturated heterocycles. The Balaban J connectivity index is 1.45. The number of amides is 2. The van der Waals surface area contributed by atoms with E-state index in [4.69, 9.17) is 23.2 Å². The van der Waals surface area contributed by atoms with E-state index in [9.17, 15) is 18.0 Å². The van der Waals surface area contributed by atoms with Crippen molar-refractivity contribution in [2.24, 2.45) is 5.92 Å². The van der Waals surface area contributed by atoms with Crippen LogP contribution in [-0.4, -0.2) is 44.3 Å². The van der Waals surface area contributed by atoms with Gasteiger partial charge in [-0.05, 0) is 60.9 Å². The third kappa shape index (κ3) is 7.68. The van der Waals surface area contributed by atoms with Gasteiger partial charge in [0.25, 0.3) is 5.91 Å². The summed E-state index contributed by atoms with van der Waals surface area (Å²) in [6, 6.07) is 7.19. The van der Waals surface area contributed by atoms with Crippen LogP contribution in [0, 0.1) is 5.92 Å². The second-order valence-electron chi connectivity index (χ2n) is 8.51. The van der Waals surface area contributed by atoms with Gasteiger partial charge in [0.1, 0.15) is 16.6 Å². The smallest absolute Gasteiger partial charge is 0.268 e. The molecule has 1 aromatic carbocycles. The van der Waals surface area contributed by atoms with Crippen LogP contribution in [-0.2, 0) is 14.8 Å². The van der Waals surface area contributed by atoms with E-state index in [2.05, 4.69) is 20.3 Å². The number of fused-ring (bicyclic) bond motifs is 1. The molecule has 0 unspecified atom stereocenters. The van der Waals surface area contributed by atoms with Crippen LogP contribution in [0.25, 0.3) is 10.2 Å². The Hall–Kier alpha value is -2.11.